The summed E-state index contributed by atoms with van der Waals surface area (Å²) in [6.45, 7) is 2.06. The zero-order valence-electron chi connectivity index (χ0n) is 11.6. The normalized spacial score (nSPS) is 11.1. The maximum absolute atomic E-state index is 12.4. The number of carbonyl (C=O) groups is 1. The molecule has 0 N–H and O–H groups in total. The first kappa shape index (κ1) is 13.7. The number of benzene rings is 1. The molecule has 6 nitrogen and oxygen atoms in total. The molecule has 3 aromatic rings. The van der Waals surface area contributed by atoms with Crippen molar-refractivity contribution in [3.63, 3.8) is 0 Å². The largest absolute Gasteiger partial charge is 0.465 e. The summed E-state index contributed by atoms with van der Waals surface area (Å²) >= 11 is 1.40. The van der Waals surface area contributed by atoms with Crippen LogP contribution in [0.4, 0.5) is 0 Å². The van der Waals surface area contributed by atoms with E-state index in [2.05, 4.69) is 21.7 Å². The van der Waals surface area contributed by atoms with E-state index in [4.69, 9.17) is 0 Å². The summed E-state index contributed by atoms with van der Waals surface area (Å²) in [6.07, 6.45) is 1.78. The third kappa shape index (κ3) is 2.29. The SMILES string of the molecule is CCCc1nn2c(=O)c3ccc(C(=O)OC)cc3nc2s1. The molecule has 0 spiro atoms. The molecule has 0 aliphatic rings. The van der Waals surface area contributed by atoms with E-state index in [1.165, 1.54) is 23.0 Å². The van der Waals surface area contributed by atoms with Crippen LogP contribution >= 0.6 is 11.3 Å². The lowest BCUT2D eigenvalue weighted by Crippen LogP contribution is -2.15. The minimum Gasteiger partial charge on any atom is -0.465 e. The molecule has 0 fully saturated rings. The van der Waals surface area contributed by atoms with Gasteiger partial charge in [-0.15, -0.1) is 0 Å². The van der Waals surface area contributed by atoms with Gasteiger partial charge in [0, 0.05) is 6.42 Å². The molecule has 0 unspecified atom stereocenters. The molecule has 1 aromatic carbocycles. The Morgan fingerprint density at radius 1 is 1.43 bits per heavy atom. The number of carbonyl (C=O) groups excluding carboxylic acids is 1. The summed E-state index contributed by atoms with van der Waals surface area (Å²) in [7, 11) is 1.32. The lowest BCUT2D eigenvalue weighted by molar-refractivity contribution is 0.0601. The van der Waals surface area contributed by atoms with E-state index in [1.807, 2.05) is 0 Å². The van der Waals surface area contributed by atoms with Gasteiger partial charge in [0.1, 0.15) is 5.01 Å². The van der Waals surface area contributed by atoms with Gasteiger partial charge in [-0.3, -0.25) is 4.79 Å². The van der Waals surface area contributed by atoms with E-state index in [0.29, 0.717) is 21.4 Å². The molecular formula is C14H13N3O3S. The summed E-state index contributed by atoms with van der Waals surface area (Å²) in [4.78, 5) is 28.9. The number of esters is 1. The third-order valence-electron chi connectivity index (χ3n) is 3.12. The lowest BCUT2D eigenvalue weighted by atomic mass is 10.1. The molecule has 0 saturated heterocycles. The first-order chi connectivity index (χ1) is 10.1. The number of aryl methyl sites for hydroxylation is 1. The van der Waals surface area contributed by atoms with Crippen molar-refractivity contribution in [2.45, 2.75) is 19.8 Å². The standard InChI is InChI=1S/C14H13N3O3S/c1-3-4-11-16-17-12(18)9-6-5-8(13(19)20-2)7-10(9)15-14(17)21-11/h5-7H,3-4H2,1-2H3. The summed E-state index contributed by atoms with van der Waals surface area (Å²) in [5.74, 6) is -0.449. The number of ether oxygens (including phenoxy) is 1. The van der Waals surface area contributed by atoms with Gasteiger partial charge in [-0.2, -0.15) is 9.61 Å². The molecule has 108 valence electrons. The number of nitrogens with zero attached hydrogens (tertiary/aromatic N) is 3. The van der Waals surface area contributed by atoms with Crippen LogP contribution in [0.15, 0.2) is 23.0 Å². The summed E-state index contributed by atoms with van der Waals surface area (Å²) in [6, 6.07) is 4.72. The summed E-state index contributed by atoms with van der Waals surface area (Å²) < 4.78 is 6.01. The fourth-order valence-electron chi connectivity index (χ4n) is 2.11. The molecule has 0 aliphatic heterocycles. The van der Waals surface area contributed by atoms with E-state index in [-0.39, 0.29) is 5.56 Å². The highest BCUT2D eigenvalue weighted by molar-refractivity contribution is 7.16. The molecule has 2 heterocycles. The van der Waals surface area contributed by atoms with Crippen molar-refractivity contribution in [3.8, 4) is 0 Å². The highest BCUT2D eigenvalue weighted by Gasteiger charge is 2.13. The van der Waals surface area contributed by atoms with E-state index in [0.717, 1.165) is 17.8 Å². The summed E-state index contributed by atoms with van der Waals surface area (Å²) in [5.41, 5.74) is 0.638. The zero-order valence-corrected chi connectivity index (χ0v) is 12.4. The Bertz CT molecular complexity index is 897. The maximum atomic E-state index is 12.4. The van der Waals surface area contributed by atoms with Crippen LogP contribution in [0.3, 0.4) is 0 Å². The van der Waals surface area contributed by atoms with Crippen LogP contribution in [-0.2, 0) is 11.2 Å². The number of aromatic nitrogens is 3. The quantitative estimate of drug-likeness (QED) is 0.692. The molecule has 0 radical (unpaired) electrons. The summed E-state index contributed by atoms with van der Waals surface area (Å²) in [5, 5.41) is 5.61. The van der Waals surface area contributed by atoms with Crippen molar-refractivity contribution in [2.24, 2.45) is 0 Å². The van der Waals surface area contributed by atoms with Gasteiger partial charge in [0.05, 0.1) is 23.6 Å². The van der Waals surface area contributed by atoms with Gasteiger partial charge < -0.3 is 4.74 Å². The predicted molar refractivity (Wildman–Crippen MR) is 80.0 cm³/mol. The van der Waals surface area contributed by atoms with Crippen LogP contribution in [0.25, 0.3) is 15.9 Å². The number of hydrogen-bond donors (Lipinski definition) is 0. The van der Waals surface area contributed by atoms with Gasteiger partial charge in [-0.25, -0.2) is 9.78 Å². The van der Waals surface area contributed by atoms with E-state index in [1.54, 1.807) is 18.2 Å². The molecule has 0 saturated carbocycles. The van der Waals surface area contributed by atoms with Crippen molar-refractivity contribution < 1.29 is 9.53 Å². The van der Waals surface area contributed by atoms with E-state index >= 15 is 0 Å². The van der Waals surface area contributed by atoms with Crippen LogP contribution < -0.4 is 5.56 Å². The first-order valence-corrected chi connectivity index (χ1v) is 7.36. The van der Waals surface area contributed by atoms with Crippen LogP contribution in [0.2, 0.25) is 0 Å². The fourth-order valence-corrected chi connectivity index (χ4v) is 3.10. The van der Waals surface area contributed by atoms with Crippen LogP contribution in [-0.4, -0.2) is 27.7 Å². The predicted octanol–water partition coefficient (Wildman–Crippen LogP) is 2.04. The molecular weight excluding hydrogens is 290 g/mol. The Kier molecular flexibility index (Phi) is 3.42. The Morgan fingerprint density at radius 2 is 2.24 bits per heavy atom. The third-order valence-corrected chi connectivity index (χ3v) is 4.09. The van der Waals surface area contributed by atoms with Crippen molar-refractivity contribution in [1.29, 1.82) is 0 Å². The molecule has 0 amide bonds. The number of methoxy groups -OCH3 is 1. The van der Waals surface area contributed by atoms with Gasteiger partial charge in [-0.1, -0.05) is 18.3 Å². The van der Waals surface area contributed by atoms with Crippen molar-refractivity contribution in [3.05, 3.63) is 39.1 Å². The Labute approximate surface area is 124 Å². The van der Waals surface area contributed by atoms with Crippen LogP contribution in [0, 0.1) is 0 Å². The van der Waals surface area contributed by atoms with Crippen molar-refractivity contribution >= 4 is 33.2 Å². The zero-order chi connectivity index (χ0) is 15.0. The maximum Gasteiger partial charge on any atom is 0.337 e. The second-order valence-electron chi connectivity index (χ2n) is 4.58. The smallest absolute Gasteiger partial charge is 0.337 e. The Hall–Kier alpha value is -2.28. The Morgan fingerprint density at radius 3 is 2.95 bits per heavy atom. The molecule has 3 rings (SSSR count). The molecule has 2 aromatic heterocycles. The van der Waals surface area contributed by atoms with Crippen molar-refractivity contribution in [1.82, 2.24) is 14.6 Å². The average molecular weight is 303 g/mol. The van der Waals surface area contributed by atoms with E-state index < -0.39 is 5.97 Å². The highest BCUT2D eigenvalue weighted by atomic mass is 32.1. The second kappa shape index (κ2) is 5.25. The van der Waals surface area contributed by atoms with Gasteiger partial charge in [0.15, 0.2) is 0 Å². The fraction of sp³-hybridized carbons (Fsp3) is 0.286. The van der Waals surface area contributed by atoms with Gasteiger partial charge in [-0.05, 0) is 24.6 Å². The lowest BCUT2D eigenvalue weighted by Gasteiger charge is -2.01. The van der Waals surface area contributed by atoms with Gasteiger partial charge >= 0.3 is 5.97 Å². The minimum absolute atomic E-state index is 0.218. The van der Waals surface area contributed by atoms with E-state index in [9.17, 15) is 9.59 Å². The van der Waals surface area contributed by atoms with Gasteiger partial charge in [0.25, 0.3) is 5.56 Å². The Balaban J connectivity index is 2.26. The monoisotopic (exact) mass is 303 g/mol. The molecule has 0 aliphatic carbocycles. The molecule has 0 bridgehead atoms. The number of hydrogen-bond acceptors (Lipinski definition) is 6. The average Bonchev–Trinajstić information content (AvgIpc) is 2.89. The highest BCUT2D eigenvalue weighted by Crippen LogP contribution is 2.17. The number of rotatable bonds is 3. The number of fused-ring (bicyclic) bond motifs is 2. The molecule has 21 heavy (non-hydrogen) atoms. The first-order valence-electron chi connectivity index (χ1n) is 6.55. The minimum atomic E-state index is -0.449. The van der Waals surface area contributed by atoms with Gasteiger partial charge in [0.2, 0.25) is 4.96 Å². The molecule has 7 heteroatoms. The topological polar surface area (TPSA) is 73.6 Å². The van der Waals surface area contributed by atoms with Crippen molar-refractivity contribution in [2.75, 3.05) is 7.11 Å². The second-order valence-corrected chi connectivity index (χ2v) is 5.62. The molecule has 0 atom stereocenters. The van der Waals surface area contributed by atoms with Crippen LogP contribution in [0.1, 0.15) is 28.7 Å². The van der Waals surface area contributed by atoms with Crippen LogP contribution in [0.5, 0.6) is 0 Å².